The van der Waals surface area contributed by atoms with Crippen LogP contribution in [0.5, 0.6) is 0 Å². The highest BCUT2D eigenvalue weighted by Crippen LogP contribution is 2.34. The number of carbonyl (C=O) groups excluding carboxylic acids is 2. The van der Waals surface area contributed by atoms with Crippen LogP contribution >= 0.6 is 11.3 Å². The number of thiophene rings is 1. The van der Waals surface area contributed by atoms with Crippen molar-refractivity contribution in [3.8, 4) is 0 Å². The first-order chi connectivity index (χ1) is 9.16. The number of hydrogen-bond acceptors (Lipinski definition) is 3. The molecule has 0 spiro atoms. The number of nitrogens with zero attached hydrogens (tertiary/aromatic N) is 1. The Kier molecular flexibility index (Phi) is 3.44. The average molecular weight is 277 g/mol. The Labute approximate surface area is 117 Å². The number of carbonyl (C=O) groups is 2. The summed E-state index contributed by atoms with van der Waals surface area (Å²) in [5.74, 6) is 0.597. The molecule has 3 nitrogen and oxygen atoms in total. The van der Waals surface area contributed by atoms with Crippen molar-refractivity contribution in [3.05, 3.63) is 21.9 Å². The molecule has 1 aliphatic heterocycles. The highest BCUT2D eigenvalue weighted by Gasteiger charge is 2.40. The zero-order valence-electron chi connectivity index (χ0n) is 11.2. The summed E-state index contributed by atoms with van der Waals surface area (Å²) in [6.45, 7) is 2.83. The molecule has 1 aromatic rings. The van der Waals surface area contributed by atoms with Crippen LogP contribution in [0.3, 0.4) is 0 Å². The lowest BCUT2D eigenvalue weighted by Crippen LogP contribution is -2.41. The molecule has 0 N–H and O–H groups in total. The molecule has 0 radical (unpaired) electrons. The van der Waals surface area contributed by atoms with Crippen molar-refractivity contribution in [1.29, 1.82) is 0 Å². The zero-order valence-corrected chi connectivity index (χ0v) is 12.0. The summed E-state index contributed by atoms with van der Waals surface area (Å²) in [7, 11) is 0. The van der Waals surface area contributed by atoms with Crippen LogP contribution in [0, 0.1) is 12.8 Å². The maximum Gasteiger partial charge on any atom is 0.264 e. The van der Waals surface area contributed by atoms with E-state index < -0.39 is 0 Å². The van der Waals surface area contributed by atoms with Gasteiger partial charge in [0.2, 0.25) is 0 Å². The molecule has 0 aromatic carbocycles. The Bertz CT molecular complexity index is 508. The SMILES string of the molecule is Cc1ccc(C(=O)N2CCCC2C2CCCC2=O)s1. The van der Waals surface area contributed by atoms with E-state index >= 15 is 0 Å². The first kappa shape index (κ1) is 12.9. The van der Waals surface area contributed by atoms with Crippen molar-refractivity contribution < 1.29 is 9.59 Å². The van der Waals surface area contributed by atoms with Crippen molar-refractivity contribution in [2.45, 2.75) is 45.1 Å². The van der Waals surface area contributed by atoms with E-state index in [1.807, 2.05) is 24.0 Å². The molecule has 2 aliphatic rings. The fourth-order valence-corrected chi connectivity index (χ4v) is 4.23. The Morgan fingerprint density at radius 3 is 2.79 bits per heavy atom. The molecule has 1 aromatic heterocycles. The van der Waals surface area contributed by atoms with E-state index in [0.29, 0.717) is 12.2 Å². The van der Waals surface area contributed by atoms with Gasteiger partial charge in [-0.25, -0.2) is 0 Å². The van der Waals surface area contributed by atoms with Crippen LogP contribution in [0.2, 0.25) is 0 Å². The van der Waals surface area contributed by atoms with Crippen molar-refractivity contribution in [3.63, 3.8) is 0 Å². The van der Waals surface area contributed by atoms with Gasteiger partial charge in [-0.1, -0.05) is 0 Å². The first-order valence-electron chi connectivity index (χ1n) is 7.07. The second-order valence-electron chi connectivity index (χ2n) is 5.58. The summed E-state index contributed by atoms with van der Waals surface area (Å²) in [5.41, 5.74) is 0. The predicted molar refractivity (Wildman–Crippen MR) is 75.5 cm³/mol. The molecule has 102 valence electrons. The lowest BCUT2D eigenvalue weighted by atomic mass is 9.95. The number of likely N-dealkylation sites (tertiary alicyclic amines) is 1. The van der Waals surface area contributed by atoms with Crippen LogP contribution in [0.1, 0.15) is 46.7 Å². The first-order valence-corrected chi connectivity index (χ1v) is 7.88. The van der Waals surface area contributed by atoms with Gasteiger partial charge in [-0.2, -0.15) is 0 Å². The molecular formula is C15H19NO2S. The monoisotopic (exact) mass is 277 g/mol. The van der Waals surface area contributed by atoms with Gasteiger partial charge in [0, 0.05) is 29.8 Å². The molecule has 1 amide bonds. The third-order valence-electron chi connectivity index (χ3n) is 4.33. The van der Waals surface area contributed by atoms with Crippen LogP contribution in [0.4, 0.5) is 0 Å². The molecule has 1 aliphatic carbocycles. The second kappa shape index (κ2) is 5.08. The van der Waals surface area contributed by atoms with Gasteiger partial charge in [-0.15, -0.1) is 11.3 Å². The van der Waals surface area contributed by atoms with E-state index in [1.165, 1.54) is 0 Å². The summed E-state index contributed by atoms with van der Waals surface area (Å²) in [4.78, 5) is 28.4. The Balaban J connectivity index is 1.79. The zero-order chi connectivity index (χ0) is 13.4. The Hall–Kier alpha value is -1.16. The van der Waals surface area contributed by atoms with Crippen molar-refractivity contribution in [2.24, 2.45) is 5.92 Å². The van der Waals surface area contributed by atoms with Gasteiger partial charge in [0.25, 0.3) is 5.91 Å². The van der Waals surface area contributed by atoms with Crippen LogP contribution < -0.4 is 0 Å². The number of ketones is 1. The molecule has 2 atom stereocenters. The number of aryl methyl sites for hydroxylation is 1. The molecule has 19 heavy (non-hydrogen) atoms. The van der Waals surface area contributed by atoms with E-state index in [0.717, 1.165) is 42.0 Å². The number of rotatable bonds is 2. The molecule has 0 bridgehead atoms. The maximum atomic E-state index is 12.6. The molecule has 2 fully saturated rings. The van der Waals surface area contributed by atoms with Gasteiger partial charge in [-0.3, -0.25) is 9.59 Å². The van der Waals surface area contributed by atoms with E-state index in [4.69, 9.17) is 0 Å². The maximum absolute atomic E-state index is 12.6. The smallest absolute Gasteiger partial charge is 0.264 e. The van der Waals surface area contributed by atoms with E-state index in [1.54, 1.807) is 11.3 Å². The summed E-state index contributed by atoms with van der Waals surface area (Å²) >= 11 is 1.55. The quantitative estimate of drug-likeness (QED) is 0.833. The molecule has 3 rings (SSSR count). The summed E-state index contributed by atoms with van der Waals surface area (Å²) in [5, 5.41) is 0. The Morgan fingerprint density at radius 1 is 1.32 bits per heavy atom. The van der Waals surface area contributed by atoms with Gasteiger partial charge in [0.05, 0.1) is 4.88 Å². The predicted octanol–water partition coefficient (Wildman–Crippen LogP) is 3.03. The van der Waals surface area contributed by atoms with Crippen LogP contribution in [-0.4, -0.2) is 29.2 Å². The topological polar surface area (TPSA) is 37.4 Å². The standard InChI is InChI=1S/C15H19NO2S/c1-10-7-8-14(19-10)15(18)16-9-3-5-12(16)11-4-2-6-13(11)17/h7-8,11-12H,2-6,9H2,1H3. The third-order valence-corrected chi connectivity index (χ3v) is 5.32. The summed E-state index contributed by atoms with van der Waals surface area (Å²) < 4.78 is 0. The normalized spacial score (nSPS) is 27.2. The minimum atomic E-state index is 0.104. The fraction of sp³-hybridized carbons (Fsp3) is 0.600. The second-order valence-corrected chi connectivity index (χ2v) is 6.87. The number of Topliss-reactive ketones (excluding diaryl/α,β-unsaturated/α-hetero) is 1. The van der Waals surface area contributed by atoms with Gasteiger partial charge in [-0.05, 0) is 44.7 Å². The van der Waals surface area contributed by atoms with Crippen molar-refractivity contribution in [1.82, 2.24) is 4.90 Å². The van der Waals surface area contributed by atoms with E-state index in [2.05, 4.69) is 0 Å². The van der Waals surface area contributed by atoms with Gasteiger partial charge >= 0.3 is 0 Å². The van der Waals surface area contributed by atoms with E-state index in [-0.39, 0.29) is 17.9 Å². The molecular weight excluding hydrogens is 258 g/mol. The summed E-state index contributed by atoms with van der Waals surface area (Å²) in [6.07, 6.45) is 4.70. The van der Waals surface area contributed by atoms with Crippen LogP contribution in [0.15, 0.2) is 12.1 Å². The molecule has 4 heteroatoms. The lowest BCUT2D eigenvalue weighted by molar-refractivity contribution is -0.121. The average Bonchev–Trinajstić information content (AvgIpc) is 3.07. The van der Waals surface area contributed by atoms with Gasteiger partial charge in [0.1, 0.15) is 5.78 Å². The van der Waals surface area contributed by atoms with E-state index in [9.17, 15) is 9.59 Å². The number of amides is 1. The molecule has 2 unspecified atom stereocenters. The summed E-state index contributed by atoms with van der Waals surface area (Å²) in [6, 6.07) is 4.06. The van der Waals surface area contributed by atoms with Gasteiger partial charge < -0.3 is 4.90 Å². The van der Waals surface area contributed by atoms with Crippen molar-refractivity contribution in [2.75, 3.05) is 6.54 Å². The van der Waals surface area contributed by atoms with Crippen molar-refractivity contribution >= 4 is 23.0 Å². The fourth-order valence-electron chi connectivity index (χ4n) is 3.40. The van der Waals surface area contributed by atoms with Crippen LogP contribution in [-0.2, 0) is 4.79 Å². The van der Waals surface area contributed by atoms with Gasteiger partial charge in [0.15, 0.2) is 0 Å². The number of hydrogen-bond donors (Lipinski definition) is 0. The molecule has 1 saturated carbocycles. The minimum absolute atomic E-state index is 0.104. The largest absolute Gasteiger partial charge is 0.334 e. The highest BCUT2D eigenvalue weighted by molar-refractivity contribution is 7.13. The Morgan fingerprint density at radius 2 is 2.16 bits per heavy atom. The van der Waals surface area contributed by atoms with Crippen LogP contribution in [0.25, 0.3) is 0 Å². The minimum Gasteiger partial charge on any atom is -0.334 e. The third kappa shape index (κ3) is 2.34. The highest BCUT2D eigenvalue weighted by atomic mass is 32.1. The molecule has 1 saturated heterocycles. The lowest BCUT2D eigenvalue weighted by Gasteiger charge is -2.28. The molecule has 2 heterocycles.